The van der Waals surface area contributed by atoms with Gasteiger partial charge in [-0.05, 0) is 63.7 Å². The van der Waals surface area contributed by atoms with E-state index in [1.807, 2.05) is 7.05 Å². The molecule has 0 amide bonds. The zero-order valence-electron chi connectivity index (χ0n) is 13.4. The molecule has 0 saturated heterocycles. The van der Waals surface area contributed by atoms with Crippen LogP contribution in [0, 0.1) is 11.7 Å². The summed E-state index contributed by atoms with van der Waals surface area (Å²) >= 11 is 6.37. The average molecular weight is 313 g/mol. The van der Waals surface area contributed by atoms with Crippen LogP contribution >= 0.6 is 11.6 Å². The van der Waals surface area contributed by atoms with E-state index in [2.05, 4.69) is 31.2 Å². The quantitative estimate of drug-likeness (QED) is 0.894. The molecule has 21 heavy (non-hydrogen) atoms. The fourth-order valence-corrected chi connectivity index (χ4v) is 4.17. The predicted octanol–water partition coefficient (Wildman–Crippen LogP) is 4.25. The van der Waals surface area contributed by atoms with Gasteiger partial charge in [-0.2, -0.15) is 0 Å². The Balaban J connectivity index is 2.47. The minimum absolute atomic E-state index is 0.0240. The van der Waals surface area contributed by atoms with Gasteiger partial charge in [-0.3, -0.25) is 0 Å². The number of halogens is 2. The summed E-state index contributed by atoms with van der Waals surface area (Å²) in [6, 6.07) is 4.68. The highest BCUT2D eigenvalue weighted by Crippen LogP contribution is 2.45. The first-order chi connectivity index (χ1) is 9.90. The maximum absolute atomic E-state index is 13.7. The van der Waals surface area contributed by atoms with Gasteiger partial charge in [0.15, 0.2) is 0 Å². The van der Waals surface area contributed by atoms with Crippen molar-refractivity contribution < 1.29 is 4.39 Å². The SMILES string of the molecule is CNC(c1cc(F)ccc1Cl)C1(N(C)C)CCCC(C)C1. The van der Waals surface area contributed by atoms with Gasteiger partial charge < -0.3 is 10.2 Å². The highest BCUT2D eigenvalue weighted by Gasteiger charge is 2.44. The Kier molecular flexibility index (Phi) is 5.29. The lowest BCUT2D eigenvalue weighted by atomic mass is 9.69. The molecule has 118 valence electrons. The molecule has 1 aliphatic rings. The van der Waals surface area contributed by atoms with Crippen LogP contribution in [-0.2, 0) is 0 Å². The van der Waals surface area contributed by atoms with Gasteiger partial charge in [0.1, 0.15) is 5.82 Å². The Morgan fingerprint density at radius 2 is 2.14 bits per heavy atom. The standard InChI is InChI=1S/C17H26ClFN2/c1-12-6-5-9-17(11-12,21(3)4)16(20-2)14-10-13(19)7-8-15(14)18/h7-8,10,12,16,20H,5-6,9,11H2,1-4H3. The van der Waals surface area contributed by atoms with Gasteiger partial charge in [-0.25, -0.2) is 4.39 Å². The summed E-state index contributed by atoms with van der Waals surface area (Å²) < 4.78 is 13.7. The number of likely N-dealkylation sites (N-methyl/N-ethyl adjacent to an activating group) is 2. The van der Waals surface area contributed by atoms with E-state index in [1.165, 1.54) is 18.9 Å². The summed E-state index contributed by atoms with van der Waals surface area (Å²) in [7, 11) is 6.18. The Bertz CT molecular complexity index is 492. The van der Waals surface area contributed by atoms with E-state index >= 15 is 0 Å². The van der Waals surface area contributed by atoms with Gasteiger partial charge in [-0.15, -0.1) is 0 Å². The Morgan fingerprint density at radius 3 is 2.71 bits per heavy atom. The number of benzene rings is 1. The van der Waals surface area contributed by atoms with E-state index in [-0.39, 0.29) is 17.4 Å². The van der Waals surface area contributed by atoms with Crippen LogP contribution in [0.25, 0.3) is 0 Å². The van der Waals surface area contributed by atoms with E-state index in [0.717, 1.165) is 18.4 Å². The van der Waals surface area contributed by atoms with Crippen LogP contribution < -0.4 is 5.32 Å². The second kappa shape index (κ2) is 6.64. The van der Waals surface area contributed by atoms with Gasteiger partial charge in [0.25, 0.3) is 0 Å². The topological polar surface area (TPSA) is 15.3 Å². The molecule has 1 fully saturated rings. The van der Waals surface area contributed by atoms with Crippen molar-refractivity contribution in [2.45, 2.75) is 44.2 Å². The summed E-state index contributed by atoms with van der Waals surface area (Å²) in [6.07, 6.45) is 4.66. The van der Waals surface area contributed by atoms with E-state index in [1.54, 1.807) is 12.1 Å². The first-order valence-corrected chi connectivity index (χ1v) is 8.08. The largest absolute Gasteiger partial charge is 0.311 e. The first-order valence-electron chi connectivity index (χ1n) is 7.70. The molecule has 2 nitrogen and oxygen atoms in total. The Hall–Kier alpha value is -0.640. The monoisotopic (exact) mass is 312 g/mol. The molecule has 0 bridgehead atoms. The van der Waals surface area contributed by atoms with Crippen molar-refractivity contribution in [2.24, 2.45) is 5.92 Å². The molecule has 0 heterocycles. The molecule has 0 spiro atoms. The molecule has 0 radical (unpaired) electrons. The average Bonchev–Trinajstić information content (AvgIpc) is 2.43. The lowest BCUT2D eigenvalue weighted by Crippen LogP contribution is -2.55. The molecular formula is C17H26ClFN2. The van der Waals surface area contributed by atoms with E-state index in [9.17, 15) is 4.39 Å². The van der Waals surface area contributed by atoms with E-state index in [0.29, 0.717) is 10.9 Å². The molecule has 3 unspecified atom stereocenters. The minimum Gasteiger partial charge on any atom is -0.311 e. The summed E-state index contributed by atoms with van der Waals surface area (Å²) in [5.41, 5.74) is 0.839. The van der Waals surface area contributed by atoms with Crippen LogP contribution in [0.5, 0.6) is 0 Å². The molecule has 0 aliphatic heterocycles. The van der Waals surface area contributed by atoms with Gasteiger partial charge >= 0.3 is 0 Å². The summed E-state index contributed by atoms with van der Waals surface area (Å²) in [6.45, 7) is 2.30. The third-order valence-electron chi connectivity index (χ3n) is 4.99. The first kappa shape index (κ1) is 16.7. The minimum atomic E-state index is -0.229. The molecule has 1 N–H and O–H groups in total. The second-order valence-corrected chi connectivity index (χ2v) is 6.99. The molecular weight excluding hydrogens is 287 g/mol. The second-order valence-electron chi connectivity index (χ2n) is 6.59. The lowest BCUT2D eigenvalue weighted by molar-refractivity contribution is 0.0392. The molecule has 1 saturated carbocycles. The van der Waals surface area contributed by atoms with Crippen LogP contribution in [0.2, 0.25) is 5.02 Å². The number of hydrogen-bond donors (Lipinski definition) is 1. The van der Waals surface area contributed by atoms with Gasteiger partial charge in [0.2, 0.25) is 0 Å². The molecule has 4 heteroatoms. The lowest BCUT2D eigenvalue weighted by Gasteiger charge is -2.50. The predicted molar refractivity (Wildman–Crippen MR) is 87.3 cm³/mol. The number of rotatable bonds is 4. The van der Waals surface area contributed by atoms with Gasteiger partial charge in [0, 0.05) is 10.6 Å². The number of nitrogens with zero attached hydrogens (tertiary/aromatic N) is 1. The molecule has 3 atom stereocenters. The van der Waals surface area contributed by atoms with E-state index in [4.69, 9.17) is 11.6 Å². The normalized spacial score (nSPS) is 27.9. The fourth-order valence-electron chi connectivity index (χ4n) is 3.94. The van der Waals surface area contributed by atoms with Crippen molar-refractivity contribution in [1.29, 1.82) is 0 Å². The van der Waals surface area contributed by atoms with Crippen LogP contribution in [0.3, 0.4) is 0 Å². The Labute approximate surface area is 132 Å². The third kappa shape index (κ3) is 3.25. The number of nitrogens with one attached hydrogen (secondary N) is 1. The van der Waals surface area contributed by atoms with Gasteiger partial charge in [-0.1, -0.05) is 31.4 Å². The summed E-state index contributed by atoms with van der Waals surface area (Å²) in [5.74, 6) is 0.441. The summed E-state index contributed by atoms with van der Waals surface area (Å²) in [5, 5.41) is 4.04. The number of hydrogen-bond acceptors (Lipinski definition) is 2. The smallest absolute Gasteiger partial charge is 0.123 e. The zero-order valence-corrected chi connectivity index (χ0v) is 14.2. The summed E-state index contributed by atoms with van der Waals surface area (Å²) in [4.78, 5) is 2.30. The molecule has 2 rings (SSSR count). The Morgan fingerprint density at radius 1 is 1.43 bits per heavy atom. The third-order valence-corrected chi connectivity index (χ3v) is 5.34. The molecule has 0 aromatic heterocycles. The van der Waals surface area contributed by atoms with Crippen molar-refractivity contribution >= 4 is 11.6 Å². The maximum atomic E-state index is 13.7. The highest BCUT2D eigenvalue weighted by atomic mass is 35.5. The van der Waals surface area contributed by atoms with Crippen LogP contribution in [0.4, 0.5) is 4.39 Å². The molecule has 1 aromatic rings. The van der Waals surface area contributed by atoms with Crippen molar-refractivity contribution in [2.75, 3.05) is 21.1 Å². The molecule has 1 aromatic carbocycles. The highest BCUT2D eigenvalue weighted by molar-refractivity contribution is 6.31. The fraction of sp³-hybridized carbons (Fsp3) is 0.647. The van der Waals surface area contributed by atoms with Crippen molar-refractivity contribution in [1.82, 2.24) is 10.2 Å². The van der Waals surface area contributed by atoms with Crippen LogP contribution in [0.1, 0.15) is 44.2 Å². The van der Waals surface area contributed by atoms with E-state index < -0.39 is 0 Å². The van der Waals surface area contributed by atoms with Crippen molar-refractivity contribution in [3.05, 3.63) is 34.6 Å². The zero-order chi connectivity index (χ0) is 15.6. The van der Waals surface area contributed by atoms with Crippen molar-refractivity contribution in [3.63, 3.8) is 0 Å². The van der Waals surface area contributed by atoms with Crippen LogP contribution in [0.15, 0.2) is 18.2 Å². The van der Waals surface area contributed by atoms with Crippen LogP contribution in [-0.4, -0.2) is 31.6 Å². The molecule has 1 aliphatic carbocycles. The maximum Gasteiger partial charge on any atom is 0.123 e. The van der Waals surface area contributed by atoms with Gasteiger partial charge in [0.05, 0.1) is 6.04 Å². The van der Waals surface area contributed by atoms with Crippen molar-refractivity contribution in [3.8, 4) is 0 Å².